The molecular weight excluding hydrogens is 252 g/mol. The number of benzene rings is 1. The van der Waals surface area contributed by atoms with Crippen LogP contribution in [0.15, 0.2) is 18.2 Å². The third-order valence-corrected chi connectivity index (χ3v) is 3.30. The molecule has 2 atom stereocenters. The number of aryl methyl sites for hydroxylation is 1. The van der Waals surface area contributed by atoms with Crippen LogP contribution in [0.5, 0.6) is 5.75 Å². The highest BCUT2D eigenvalue weighted by Gasteiger charge is 2.17. The number of nitrogens with one attached hydrogen (secondary N) is 1. The quantitative estimate of drug-likeness (QED) is 0.803. The molecule has 2 unspecified atom stereocenters. The summed E-state index contributed by atoms with van der Waals surface area (Å²) in [6.45, 7) is 8.38. The van der Waals surface area contributed by atoms with Crippen molar-refractivity contribution in [1.82, 2.24) is 5.32 Å². The van der Waals surface area contributed by atoms with Gasteiger partial charge in [-0.05, 0) is 51.8 Å². The van der Waals surface area contributed by atoms with Gasteiger partial charge in [0.15, 0.2) is 6.10 Å². The SMILES string of the molecule is CCC(C)NC(=O)C(C)Oc1ccc(C)cc1CCN. The molecule has 4 heteroatoms. The molecular formula is C16H26N2O2. The molecule has 0 spiro atoms. The van der Waals surface area contributed by atoms with Crippen molar-refractivity contribution in [2.45, 2.75) is 52.7 Å². The maximum atomic E-state index is 12.0. The van der Waals surface area contributed by atoms with E-state index in [0.29, 0.717) is 6.54 Å². The number of amides is 1. The van der Waals surface area contributed by atoms with E-state index in [1.54, 1.807) is 6.92 Å². The van der Waals surface area contributed by atoms with Crippen LogP contribution in [-0.2, 0) is 11.2 Å². The Hall–Kier alpha value is -1.55. The zero-order valence-corrected chi connectivity index (χ0v) is 12.9. The standard InChI is InChI=1S/C16H26N2O2/c1-5-12(3)18-16(19)13(4)20-15-7-6-11(2)10-14(15)8-9-17/h6-7,10,12-13H,5,8-9,17H2,1-4H3,(H,18,19). The predicted octanol–water partition coefficient (Wildman–Crippen LogP) is 2.18. The Morgan fingerprint density at radius 1 is 1.40 bits per heavy atom. The largest absolute Gasteiger partial charge is 0.481 e. The number of nitrogens with two attached hydrogens (primary N) is 1. The van der Waals surface area contributed by atoms with Crippen molar-refractivity contribution < 1.29 is 9.53 Å². The summed E-state index contributed by atoms with van der Waals surface area (Å²) in [6.07, 6.45) is 1.14. The molecule has 1 rings (SSSR count). The van der Waals surface area contributed by atoms with Gasteiger partial charge in [-0.25, -0.2) is 0 Å². The van der Waals surface area contributed by atoms with Crippen LogP contribution >= 0.6 is 0 Å². The molecule has 3 N–H and O–H groups in total. The Kier molecular flexibility index (Phi) is 6.52. The van der Waals surface area contributed by atoms with Crippen LogP contribution in [0.25, 0.3) is 0 Å². The predicted molar refractivity (Wildman–Crippen MR) is 81.9 cm³/mol. The van der Waals surface area contributed by atoms with Crippen molar-refractivity contribution >= 4 is 5.91 Å². The summed E-state index contributed by atoms with van der Waals surface area (Å²) in [5, 5.41) is 2.92. The molecule has 1 amide bonds. The van der Waals surface area contributed by atoms with Gasteiger partial charge < -0.3 is 15.8 Å². The second kappa shape index (κ2) is 7.90. The minimum absolute atomic E-state index is 0.0846. The van der Waals surface area contributed by atoms with E-state index < -0.39 is 6.10 Å². The van der Waals surface area contributed by atoms with E-state index in [2.05, 4.69) is 11.4 Å². The Balaban J connectivity index is 2.74. The van der Waals surface area contributed by atoms with Gasteiger partial charge in [0.1, 0.15) is 5.75 Å². The maximum absolute atomic E-state index is 12.0. The van der Waals surface area contributed by atoms with Crippen LogP contribution in [0, 0.1) is 6.92 Å². The van der Waals surface area contributed by atoms with Gasteiger partial charge >= 0.3 is 0 Å². The number of ether oxygens (including phenoxy) is 1. The lowest BCUT2D eigenvalue weighted by molar-refractivity contribution is -0.127. The Morgan fingerprint density at radius 3 is 2.70 bits per heavy atom. The average molecular weight is 278 g/mol. The number of carbonyl (C=O) groups excluding carboxylic acids is 1. The molecule has 0 heterocycles. The summed E-state index contributed by atoms with van der Waals surface area (Å²) in [5.41, 5.74) is 7.84. The van der Waals surface area contributed by atoms with Crippen LogP contribution in [0.4, 0.5) is 0 Å². The highest BCUT2D eigenvalue weighted by atomic mass is 16.5. The second-order valence-corrected chi connectivity index (χ2v) is 5.23. The third kappa shape index (κ3) is 4.85. The molecule has 0 aromatic heterocycles. The fourth-order valence-corrected chi connectivity index (χ4v) is 1.88. The molecule has 1 aromatic rings. The van der Waals surface area contributed by atoms with Crippen LogP contribution in [0.2, 0.25) is 0 Å². The van der Waals surface area contributed by atoms with Gasteiger partial charge in [-0.15, -0.1) is 0 Å². The lowest BCUT2D eigenvalue weighted by atomic mass is 10.1. The zero-order chi connectivity index (χ0) is 15.1. The number of rotatable bonds is 7. The normalized spacial score (nSPS) is 13.7. The fourth-order valence-electron chi connectivity index (χ4n) is 1.88. The molecule has 0 saturated carbocycles. The molecule has 112 valence electrons. The van der Waals surface area contributed by atoms with Gasteiger partial charge in [0.2, 0.25) is 0 Å². The van der Waals surface area contributed by atoms with Crippen molar-refractivity contribution in [2.24, 2.45) is 5.73 Å². The summed E-state index contributed by atoms with van der Waals surface area (Å²) in [4.78, 5) is 12.0. The van der Waals surface area contributed by atoms with E-state index in [-0.39, 0.29) is 11.9 Å². The first-order valence-corrected chi connectivity index (χ1v) is 7.24. The number of carbonyl (C=O) groups is 1. The smallest absolute Gasteiger partial charge is 0.260 e. The lowest BCUT2D eigenvalue weighted by Crippen LogP contribution is -2.41. The molecule has 0 fully saturated rings. The third-order valence-electron chi connectivity index (χ3n) is 3.30. The Bertz CT molecular complexity index is 446. The van der Waals surface area contributed by atoms with Gasteiger partial charge in [0.05, 0.1) is 0 Å². The van der Waals surface area contributed by atoms with E-state index in [1.807, 2.05) is 32.9 Å². The minimum Gasteiger partial charge on any atom is -0.481 e. The van der Waals surface area contributed by atoms with Gasteiger partial charge in [0.25, 0.3) is 5.91 Å². The number of hydrogen-bond acceptors (Lipinski definition) is 3. The molecule has 20 heavy (non-hydrogen) atoms. The van der Waals surface area contributed by atoms with E-state index in [4.69, 9.17) is 10.5 Å². The zero-order valence-electron chi connectivity index (χ0n) is 12.9. The topological polar surface area (TPSA) is 64.3 Å². The average Bonchev–Trinajstić information content (AvgIpc) is 2.41. The summed E-state index contributed by atoms with van der Waals surface area (Å²) in [6, 6.07) is 6.11. The van der Waals surface area contributed by atoms with Gasteiger partial charge in [-0.3, -0.25) is 4.79 Å². The molecule has 4 nitrogen and oxygen atoms in total. The second-order valence-electron chi connectivity index (χ2n) is 5.23. The monoisotopic (exact) mass is 278 g/mol. The summed E-state index contributed by atoms with van der Waals surface area (Å²) in [5.74, 6) is 0.659. The van der Waals surface area contributed by atoms with E-state index in [0.717, 1.165) is 29.7 Å². The van der Waals surface area contributed by atoms with Crippen LogP contribution in [0.3, 0.4) is 0 Å². The first-order valence-electron chi connectivity index (χ1n) is 7.24. The van der Waals surface area contributed by atoms with Crippen LogP contribution in [-0.4, -0.2) is 24.6 Å². The van der Waals surface area contributed by atoms with E-state index in [9.17, 15) is 4.79 Å². The summed E-state index contributed by atoms with van der Waals surface area (Å²) < 4.78 is 5.79. The van der Waals surface area contributed by atoms with Gasteiger partial charge in [-0.2, -0.15) is 0 Å². The summed E-state index contributed by atoms with van der Waals surface area (Å²) in [7, 11) is 0. The van der Waals surface area contributed by atoms with Gasteiger partial charge in [-0.1, -0.05) is 24.6 Å². The van der Waals surface area contributed by atoms with E-state index >= 15 is 0 Å². The molecule has 0 aliphatic heterocycles. The van der Waals surface area contributed by atoms with Crippen molar-refractivity contribution in [3.8, 4) is 5.75 Å². The van der Waals surface area contributed by atoms with Crippen molar-refractivity contribution in [3.05, 3.63) is 29.3 Å². The van der Waals surface area contributed by atoms with Crippen LogP contribution in [0.1, 0.15) is 38.3 Å². The summed E-state index contributed by atoms with van der Waals surface area (Å²) >= 11 is 0. The molecule has 0 saturated heterocycles. The maximum Gasteiger partial charge on any atom is 0.260 e. The van der Waals surface area contributed by atoms with Crippen LogP contribution < -0.4 is 15.8 Å². The Labute approximate surface area is 121 Å². The highest BCUT2D eigenvalue weighted by molar-refractivity contribution is 5.81. The van der Waals surface area contributed by atoms with Gasteiger partial charge in [0, 0.05) is 6.04 Å². The lowest BCUT2D eigenvalue weighted by Gasteiger charge is -2.19. The molecule has 0 radical (unpaired) electrons. The van der Waals surface area contributed by atoms with E-state index in [1.165, 1.54) is 0 Å². The van der Waals surface area contributed by atoms with Crippen molar-refractivity contribution in [2.75, 3.05) is 6.54 Å². The highest BCUT2D eigenvalue weighted by Crippen LogP contribution is 2.21. The van der Waals surface area contributed by atoms with Crippen molar-refractivity contribution in [3.63, 3.8) is 0 Å². The number of hydrogen-bond donors (Lipinski definition) is 2. The molecule has 0 aliphatic rings. The Morgan fingerprint density at radius 2 is 2.10 bits per heavy atom. The molecule has 1 aromatic carbocycles. The first kappa shape index (κ1) is 16.5. The van der Waals surface area contributed by atoms with Crippen molar-refractivity contribution in [1.29, 1.82) is 0 Å². The first-order chi connectivity index (χ1) is 9.47. The fraction of sp³-hybridized carbons (Fsp3) is 0.562. The molecule has 0 aliphatic carbocycles. The minimum atomic E-state index is -0.511. The molecule has 0 bridgehead atoms.